The van der Waals surface area contributed by atoms with E-state index in [0.717, 1.165) is 6.42 Å². The molecule has 0 bridgehead atoms. The number of rotatable bonds is 3. The summed E-state index contributed by atoms with van der Waals surface area (Å²) in [4.78, 5) is 24.0. The van der Waals surface area contributed by atoms with Crippen LogP contribution in [-0.2, 0) is 0 Å². The zero-order chi connectivity index (χ0) is 14.0. The van der Waals surface area contributed by atoms with Gasteiger partial charge in [0.15, 0.2) is 0 Å². The normalized spacial score (nSPS) is 20.3. The maximum absolute atomic E-state index is 12.2. The minimum absolute atomic E-state index is 0.00794. The first-order valence-corrected chi connectivity index (χ1v) is 6.28. The van der Waals surface area contributed by atoms with Crippen LogP contribution in [-0.4, -0.2) is 34.9 Å². The first-order valence-electron chi connectivity index (χ1n) is 6.28. The Bertz CT molecular complexity index is 484. The molecule has 2 N–H and O–H groups in total. The number of hydrogen-bond acceptors (Lipinski definition) is 4. The Balaban J connectivity index is 2.06. The fraction of sp³-hybridized carbons (Fsp3) is 0.462. The number of hydrogen-bond donors (Lipinski definition) is 1. The molecule has 1 aliphatic rings. The Morgan fingerprint density at radius 2 is 2.11 bits per heavy atom. The van der Waals surface area contributed by atoms with Gasteiger partial charge in [0.05, 0.1) is 4.92 Å². The largest absolute Gasteiger partial charge is 0.338 e. The molecule has 1 heterocycles. The Hall–Kier alpha value is -1.95. The fourth-order valence-electron chi connectivity index (χ4n) is 2.31. The molecule has 1 saturated heterocycles. The number of nitro groups is 1. The highest BCUT2D eigenvalue weighted by Crippen LogP contribution is 2.21. The number of benzene rings is 1. The predicted octanol–water partition coefficient (Wildman–Crippen LogP) is 1.40. The van der Waals surface area contributed by atoms with Gasteiger partial charge in [-0.15, -0.1) is 0 Å². The molecule has 1 aromatic carbocycles. The number of nitrogens with two attached hydrogens (primary N) is 1. The van der Waals surface area contributed by atoms with Crippen LogP contribution in [0, 0.1) is 16.0 Å². The highest BCUT2D eigenvalue weighted by Gasteiger charge is 2.29. The van der Waals surface area contributed by atoms with Crippen LogP contribution in [0.3, 0.4) is 0 Å². The number of likely N-dealkylation sites (tertiary alicyclic amines) is 1. The van der Waals surface area contributed by atoms with E-state index in [1.165, 1.54) is 24.3 Å². The fourth-order valence-corrected chi connectivity index (χ4v) is 2.31. The van der Waals surface area contributed by atoms with Gasteiger partial charge >= 0.3 is 0 Å². The molecule has 0 spiro atoms. The van der Waals surface area contributed by atoms with Gasteiger partial charge in [-0.2, -0.15) is 0 Å². The van der Waals surface area contributed by atoms with Crippen molar-refractivity contribution in [3.8, 4) is 0 Å². The summed E-state index contributed by atoms with van der Waals surface area (Å²) in [6, 6.07) is 5.78. The summed E-state index contributed by atoms with van der Waals surface area (Å²) in [7, 11) is 0. The topological polar surface area (TPSA) is 89.5 Å². The summed E-state index contributed by atoms with van der Waals surface area (Å²) >= 11 is 0. The second-order valence-electron chi connectivity index (χ2n) is 4.96. The Morgan fingerprint density at radius 3 is 2.58 bits per heavy atom. The molecule has 102 valence electrons. The van der Waals surface area contributed by atoms with E-state index in [1.54, 1.807) is 4.90 Å². The minimum Gasteiger partial charge on any atom is -0.338 e. The number of nitro benzene ring substituents is 1. The molecule has 1 aromatic rings. The molecule has 19 heavy (non-hydrogen) atoms. The van der Waals surface area contributed by atoms with Crippen LogP contribution in [0.15, 0.2) is 24.3 Å². The van der Waals surface area contributed by atoms with Crippen molar-refractivity contribution in [1.82, 2.24) is 4.90 Å². The van der Waals surface area contributed by atoms with Crippen molar-refractivity contribution >= 4 is 11.6 Å². The lowest BCUT2D eigenvalue weighted by molar-refractivity contribution is -0.384. The summed E-state index contributed by atoms with van der Waals surface area (Å²) < 4.78 is 0. The van der Waals surface area contributed by atoms with Crippen molar-refractivity contribution in [2.24, 2.45) is 11.7 Å². The Labute approximate surface area is 111 Å². The molecule has 2 unspecified atom stereocenters. The van der Waals surface area contributed by atoms with Gasteiger partial charge in [-0.1, -0.05) is 0 Å². The summed E-state index contributed by atoms with van der Waals surface area (Å²) in [6.07, 6.45) is 0.913. The van der Waals surface area contributed by atoms with Crippen LogP contribution in [0.25, 0.3) is 0 Å². The van der Waals surface area contributed by atoms with Gasteiger partial charge in [0.25, 0.3) is 11.6 Å². The van der Waals surface area contributed by atoms with E-state index in [9.17, 15) is 14.9 Å². The molecule has 1 fully saturated rings. The molecule has 0 radical (unpaired) electrons. The van der Waals surface area contributed by atoms with Crippen LogP contribution in [0.2, 0.25) is 0 Å². The van der Waals surface area contributed by atoms with Gasteiger partial charge in [-0.25, -0.2) is 0 Å². The predicted molar refractivity (Wildman–Crippen MR) is 70.8 cm³/mol. The maximum atomic E-state index is 12.2. The quantitative estimate of drug-likeness (QED) is 0.659. The smallest absolute Gasteiger partial charge is 0.269 e. The number of carbonyl (C=O) groups is 1. The zero-order valence-corrected chi connectivity index (χ0v) is 10.8. The summed E-state index contributed by atoms with van der Waals surface area (Å²) in [5.74, 6) is 0.250. The van der Waals surface area contributed by atoms with Crippen molar-refractivity contribution in [2.45, 2.75) is 19.4 Å². The van der Waals surface area contributed by atoms with Gasteiger partial charge in [0.1, 0.15) is 0 Å². The Kier molecular flexibility index (Phi) is 3.80. The molecule has 1 amide bonds. The summed E-state index contributed by atoms with van der Waals surface area (Å²) in [5.41, 5.74) is 6.31. The van der Waals surface area contributed by atoms with Gasteiger partial charge in [0.2, 0.25) is 0 Å². The van der Waals surface area contributed by atoms with Crippen molar-refractivity contribution in [3.05, 3.63) is 39.9 Å². The summed E-state index contributed by atoms with van der Waals surface area (Å²) in [6.45, 7) is 3.31. The lowest BCUT2D eigenvalue weighted by atomic mass is 10.0. The van der Waals surface area contributed by atoms with E-state index in [4.69, 9.17) is 5.73 Å². The molecule has 0 aromatic heterocycles. The van der Waals surface area contributed by atoms with Crippen molar-refractivity contribution in [2.75, 3.05) is 13.1 Å². The van der Waals surface area contributed by atoms with E-state index < -0.39 is 4.92 Å². The van der Waals surface area contributed by atoms with E-state index in [0.29, 0.717) is 24.6 Å². The molecular weight excluding hydrogens is 246 g/mol. The molecule has 0 saturated carbocycles. The lowest BCUT2D eigenvalue weighted by Crippen LogP contribution is -2.32. The first-order chi connectivity index (χ1) is 8.99. The third-order valence-electron chi connectivity index (χ3n) is 3.58. The molecule has 2 atom stereocenters. The molecular formula is C13H17N3O3. The number of nitrogens with zero attached hydrogens (tertiary/aromatic N) is 2. The molecule has 6 nitrogen and oxygen atoms in total. The standard InChI is InChI=1S/C13H17N3O3/c1-9(14)11-6-7-15(8-11)13(17)10-2-4-12(5-3-10)16(18)19/h2-5,9,11H,6-8,14H2,1H3. The van der Waals surface area contributed by atoms with E-state index in [2.05, 4.69) is 0 Å². The first kappa shape index (κ1) is 13.5. The monoisotopic (exact) mass is 263 g/mol. The highest BCUT2D eigenvalue weighted by atomic mass is 16.6. The van der Waals surface area contributed by atoms with Gasteiger partial charge in [-0.3, -0.25) is 14.9 Å². The van der Waals surface area contributed by atoms with E-state index in [-0.39, 0.29) is 17.6 Å². The maximum Gasteiger partial charge on any atom is 0.269 e. The van der Waals surface area contributed by atoms with Crippen LogP contribution < -0.4 is 5.73 Å². The Morgan fingerprint density at radius 1 is 1.47 bits per heavy atom. The van der Waals surface area contributed by atoms with Crippen molar-refractivity contribution < 1.29 is 9.72 Å². The highest BCUT2D eigenvalue weighted by molar-refractivity contribution is 5.94. The third kappa shape index (κ3) is 2.90. The number of non-ortho nitro benzene ring substituents is 1. The molecule has 1 aliphatic heterocycles. The molecule has 0 aliphatic carbocycles. The third-order valence-corrected chi connectivity index (χ3v) is 3.58. The number of carbonyl (C=O) groups excluding carboxylic acids is 1. The molecule has 2 rings (SSSR count). The van der Waals surface area contributed by atoms with Crippen LogP contribution in [0.4, 0.5) is 5.69 Å². The van der Waals surface area contributed by atoms with Crippen molar-refractivity contribution in [3.63, 3.8) is 0 Å². The number of amides is 1. The SMILES string of the molecule is CC(N)C1CCN(C(=O)c2ccc([N+](=O)[O-])cc2)C1. The average Bonchev–Trinajstić information content (AvgIpc) is 2.87. The minimum atomic E-state index is -0.476. The average molecular weight is 263 g/mol. The van der Waals surface area contributed by atoms with E-state index in [1.807, 2.05) is 6.92 Å². The van der Waals surface area contributed by atoms with Crippen LogP contribution in [0.1, 0.15) is 23.7 Å². The van der Waals surface area contributed by atoms with Gasteiger partial charge < -0.3 is 10.6 Å². The summed E-state index contributed by atoms with van der Waals surface area (Å²) in [5, 5.41) is 10.6. The lowest BCUT2D eigenvalue weighted by Gasteiger charge is -2.18. The second-order valence-corrected chi connectivity index (χ2v) is 4.96. The van der Waals surface area contributed by atoms with E-state index >= 15 is 0 Å². The van der Waals surface area contributed by atoms with Gasteiger partial charge in [-0.05, 0) is 31.4 Å². The zero-order valence-electron chi connectivity index (χ0n) is 10.8. The molecule has 6 heteroatoms. The van der Waals surface area contributed by atoms with Gasteiger partial charge in [0, 0.05) is 36.8 Å². The van der Waals surface area contributed by atoms with Crippen LogP contribution >= 0.6 is 0 Å². The van der Waals surface area contributed by atoms with Crippen LogP contribution in [0.5, 0.6) is 0 Å². The second kappa shape index (κ2) is 5.36. The van der Waals surface area contributed by atoms with Crippen molar-refractivity contribution in [1.29, 1.82) is 0 Å².